The Hall–Kier alpha value is -0.680. The van der Waals surface area contributed by atoms with E-state index in [2.05, 4.69) is 27.3 Å². The van der Waals surface area contributed by atoms with E-state index in [0.29, 0.717) is 6.54 Å². The number of rotatable bonds is 5. The lowest BCUT2D eigenvalue weighted by atomic mass is 10.1. The summed E-state index contributed by atoms with van der Waals surface area (Å²) in [4.78, 5) is 2.95. The topological polar surface area (TPSA) is 32.3 Å². The van der Waals surface area contributed by atoms with Crippen LogP contribution in [-0.4, -0.2) is 11.7 Å². The van der Waals surface area contributed by atoms with E-state index in [0.717, 1.165) is 16.6 Å². The third-order valence-corrected chi connectivity index (χ3v) is 5.40. The Morgan fingerprint density at radius 2 is 2.20 bits per heavy atom. The standard InChI is InChI=1S/C16H18BrNOS/c17-13-5-1-3-11(7-13)15(19)10-18-9-14-8-12-4-2-6-16(12)20-14/h1,3,5,7-8,15,18-19H,2,4,6,9-10H2. The number of aryl methyl sites for hydroxylation is 2. The highest BCUT2D eigenvalue weighted by Gasteiger charge is 2.14. The van der Waals surface area contributed by atoms with Crippen molar-refractivity contribution in [3.05, 3.63) is 55.7 Å². The Morgan fingerprint density at radius 1 is 1.30 bits per heavy atom. The first-order chi connectivity index (χ1) is 9.72. The molecule has 1 aliphatic carbocycles. The van der Waals surface area contributed by atoms with Crippen molar-refractivity contribution < 1.29 is 5.11 Å². The minimum Gasteiger partial charge on any atom is -0.387 e. The van der Waals surface area contributed by atoms with Gasteiger partial charge in [-0.2, -0.15) is 0 Å². The number of hydrogen-bond donors (Lipinski definition) is 2. The smallest absolute Gasteiger partial charge is 0.0914 e. The molecule has 0 amide bonds. The first-order valence-electron chi connectivity index (χ1n) is 6.97. The zero-order valence-electron chi connectivity index (χ0n) is 11.2. The summed E-state index contributed by atoms with van der Waals surface area (Å²) in [5.74, 6) is 0. The number of aliphatic hydroxyl groups is 1. The van der Waals surface area contributed by atoms with Gasteiger partial charge in [0.15, 0.2) is 0 Å². The van der Waals surface area contributed by atoms with Gasteiger partial charge in [0.1, 0.15) is 0 Å². The van der Waals surface area contributed by atoms with Crippen molar-refractivity contribution in [2.45, 2.75) is 31.9 Å². The van der Waals surface area contributed by atoms with E-state index in [9.17, 15) is 5.11 Å². The van der Waals surface area contributed by atoms with Gasteiger partial charge in [-0.3, -0.25) is 0 Å². The quantitative estimate of drug-likeness (QED) is 0.857. The molecule has 1 atom stereocenters. The van der Waals surface area contributed by atoms with Crippen LogP contribution >= 0.6 is 27.3 Å². The normalized spacial score (nSPS) is 15.3. The highest BCUT2D eigenvalue weighted by molar-refractivity contribution is 9.10. The SMILES string of the molecule is OC(CNCc1cc2c(s1)CCC2)c1cccc(Br)c1. The predicted molar refractivity (Wildman–Crippen MR) is 87.2 cm³/mol. The Balaban J connectivity index is 1.51. The van der Waals surface area contributed by atoms with Crippen LogP contribution in [0.25, 0.3) is 0 Å². The van der Waals surface area contributed by atoms with Gasteiger partial charge in [0.2, 0.25) is 0 Å². The van der Waals surface area contributed by atoms with Crippen LogP contribution in [0.4, 0.5) is 0 Å². The first kappa shape index (κ1) is 14.3. The van der Waals surface area contributed by atoms with E-state index >= 15 is 0 Å². The summed E-state index contributed by atoms with van der Waals surface area (Å²) in [7, 11) is 0. The largest absolute Gasteiger partial charge is 0.387 e. The molecule has 0 radical (unpaired) electrons. The zero-order chi connectivity index (χ0) is 13.9. The first-order valence-corrected chi connectivity index (χ1v) is 8.58. The van der Waals surface area contributed by atoms with E-state index in [-0.39, 0.29) is 0 Å². The lowest BCUT2D eigenvalue weighted by Crippen LogP contribution is -2.20. The van der Waals surface area contributed by atoms with Crippen molar-refractivity contribution in [2.75, 3.05) is 6.54 Å². The van der Waals surface area contributed by atoms with Crippen molar-refractivity contribution in [2.24, 2.45) is 0 Å². The number of aliphatic hydroxyl groups excluding tert-OH is 1. The molecule has 20 heavy (non-hydrogen) atoms. The van der Waals surface area contributed by atoms with Crippen LogP contribution in [-0.2, 0) is 19.4 Å². The predicted octanol–water partition coefficient (Wildman–Crippen LogP) is 3.82. The summed E-state index contributed by atoms with van der Waals surface area (Å²) >= 11 is 5.35. The fourth-order valence-electron chi connectivity index (χ4n) is 2.64. The average Bonchev–Trinajstić information content (AvgIpc) is 2.99. The van der Waals surface area contributed by atoms with Crippen LogP contribution in [0.3, 0.4) is 0 Å². The second kappa shape index (κ2) is 6.39. The molecule has 1 unspecified atom stereocenters. The minimum atomic E-state index is -0.459. The molecule has 2 nitrogen and oxygen atoms in total. The molecule has 1 heterocycles. The molecule has 1 aromatic heterocycles. The van der Waals surface area contributed by atoms with E-state index in [1.54, 1.807) is 10.4 Å². The van der Waals surface area contributed by atoms with Crippen LogP contribution in [0, 0.1) is 0 Å². The summed E-state index contributed by atoms with van der Waals surface area (Å²) in [6, 6.07) is 10.2. The molecular formula is C16H18BrNOS. The van der Waals surface area contributed by atoms with Crippen molar-refractivity contribution in [1.82, 2.24) is 5.32 Å². The van der Waals surface area contributed by atoms with Gasteiger partial charge in [-0.1, -0.05) is 28.1 Å². The number of halogens is 1. The third kappa shape index (κ3) is 3.31. The maximum absolute atomic E-state index is 10.2. The molecule has 0 saturated heterocycles. The van der Waals surface area contributed by atoms with E-state index in [1.807, 2.05) is 35.6 Å². The van der Waals surface area contributed by atoms with Gasteiger partial charge in [-0.05, 0) is 48.6 Å². The lowest BCUT2D eigenvalue weighted by Gasteiger charge is -2.12. The molecule has 106 valence electrons. The monoisotopic (exact) mass is 351 g/mol. The van der Waals surface area contributed by atoms with Gasteiger partial charge >= 0.3 is 0 Å². The summed E-state index contributed by atoms with van der Waals surface area (Å²) in [5.41, 5.74) is 2.49. The number of nitrogens with one attached hydrogen (secondary N) is 1. The van der Waals surface area contributed by atoms with Gasteiger partial charge in [0.25, 0.3) is 0 Å². The van der Waals surface area contributed by atoms with Crippen LogP contribution < -0.4 is 5.32 Å². The second-order valence-corrected chi connectivity index (χ2v) is 7.35. The molecule has 1 aromatic carbocycles. The van der Waals surface area contributed by atoms with Gasteiger partial charge in [-0.25, -0.2) is 0 Å². The highest BCUT2D eigenvalue weighted by Crippen LogP contribution is 2.30. The molecule has 1 aliphatic rings. The maximum atomic E-state index is 10.2. The van der Waals surface area contributed by atoms with Crippen molar-refractivity contribution in [1.29, 1.82) is 0 Å². The minimum absolute atomic E-state index is 0.459. The maximum Gasteiger partial charge on any atom is 0.0914 e. The fourth-order valence-corrected chi connectivity index (χ4v) is 4.29. The van der Waals surface area contributed by atoms with Gasteiger partial charge in [-0.15, -0.1) is 11.3 Å². The summed E-state index contributed by atoms with van der Waals surface area (Å²) in [6.45, 7) is 1.43. The lowest BCUT2D eigenvalue weighted by molar-refractivity contribution is 0.174. The fraction of sp³-hybridized carbons (Fsp3) is 0.375. The van der Waals surface area contributed by atoms with E-state index < -0.39 is 6.10 Å². The molecule has 0 bridgehead atoms. The molecule has 0 spiro atoms. The van der Waals surface area contributed by atoms with E-state index in [4.69, 9.17) is 0 Å². The Labute approximate surface area is 132 Å². The summed E-state index contributed by atoms with van der Waals surface area (Å²) in [6.07, 6.45) is 3.35. The second-order valence-electron chi connectivity index (χ2n) is 5.22. The molecule has 2 aromatic rings. The highest BCUT2D eigenvalue weighted by atomic mass is 79.9. The average molecular weight is 352 g/mol. The van der Waals surface area contributed by atoms with Gasteiger partial charge < -0.3 is 10.4 Å². The number of benzene rings is 1. The molecule has 3 rings (SSSR count). The summed E-state index contributed by atoms with van der Waals surface area (Å²) in [5, 5.41) is 13.5. The van der Waals surface area contributed by atoms with Crippen LogP contribution in [0.5, 0.6) is 0 Å². The molecule has 2 N–H and O–H groups in total. The Morgan fingerprint density at radius 3 is 3.00 bits per heavy atom. The van der Waals surface area contributed by atoms with Gasteiger partial charge in [0, 0.05) is 27.3 Å². The van der Waals surface area contributed by atoms with Crippen molar-refractivity contribution in [3.63, 3.8) is 0 Å². The zero-order valence-corrected chi connectivity index (χ0v) is 13.6. The van der Waals surface area contributed by atoms with Gasteiger partial charge in [0.05, 0.1) is 6.10 Å². The third-order valence-electron chi connectivity index (χ3n) is 3.67. The molecule has 4 heteroatoms. The van der Waals surface area contributed by atoms with E-state index in [1.165, 1.54) is 24.1 Å². The molecule has 0 aliphatic heterocycles. The van der Waals surface area contributed by atoms with Crippen LogP contribution in [0.1, 0.15) is 33.4 Å². The molecular weight excluding hydrogens is 334 g/mol. The number of hydrogen-bond acceptors (Lipinski definition) is 3. The van der Waals surface area contributed by atoms with Crippen LogP contribution in [0.15, 0.2) is 34.8 Å². The number of thiophene rings is 1. The Kier molecular flexibility index (Phi) is 4.56. The van der Waals surface area contributed by atoms with Crippen molar-refractivity contribution in [3.8, 4) is 0 Å². The Bertz CT molecular complexity index is 574. The molecule has 0 fully saturated rings. The summed E-state index contributed by atoms with van der Waals surface area (Å²) < 4.78 is 1.00. The number of fused-ring (bicyclic) bond motifs is 1. The van der Waals surface area contributed by atoms with Crippen LogP contribution in [0.2, 0.25) is 0 Å². The van der Waals surface area contributed by atoms with Crippen molar-refractivity contribution >= 4 is 27.3 Å². The molecule has 0 saturated carbocycles.